The molecule has 9 rings (SSSR count). The summed E-state index contributed by atoms with van der Waals surface area (Å²) < 4.78 is 49.7. The van der Waals surface area contributed by atoms with E-state index in [1.54, 1.807) is 23.2 Å². The first-order chi connectivity index (χ1) is 31.9. The van der Waals surface area contributed by atoms with Crippen molar-refractivity contribution in [1.82, 2.24) is 40.4 Å². The number of alkyl carbamates (subject to hydrolysis) is 2. The summed E-state index contributed by atoms with van der Waals surface area (Å²) in [6.07, 6.45) is -1.26. The molecule has 3 unspecified atom stereocenters. The van der Waals surface area contributed by atoms with Gasteiger partial charge in [0.1, 0.15) is 42.3 Å². The van der Waals surface area contributed by atoms with Crippen LogP contribution in [0.25, 0.3) is 44.2 Å². The highest BCUT2D eigenvalue weighted by Gasteiger charge is 2.43. The first kappa shape index (κ1) is 44.1. The van der Waals surface area contributed by atoms with Gasteiger partial charge in [0.25, 0.3) is 5.91 Å². The third-order valence-corrected chi connectivity index (χ3v) is 12.7. The minimum atomic E-state index is -1.73. The number of carbonyl (C=O) groups excluding carboxylic acids is 4. The lowest BCUT2D eigenvalue weighted by atomic mass is 9.92. The number of halogens is 2. The first-order valence-corrected chi connectivity index (χ1v) is 21.9. The van der Waals surface area contributed by atoms with Crippen LogP contribution < -0.4 is 15.4 Å². The summed E-state index contributed by atoms with van der Waals surface area (Å²) in [4.78, 5) is 72.1. The van der Waals surface area contributed by atoms with Gasteiger partial charge >= 0.3 is 12.2 Å². The average molecular weight is 905 g/mol. The molecule has 18 heteroatoms. The number of amides is 4. The van der Waals surface area contributed by atoms with E-state index in [-0.39, 0.29) is 31.0 Å². The Balaban J connectivity index is 0.967. The van der Waals surface area contributed by atoms with Gasteiger partial charge < -0.3 is 49.3 Å². The second-order valence-electron chi connectivity index (χ2n) is 16.9. The SMILES string of the molecule is COC(=O)N[C@H](C(=O)N1C[C@@H](COC(C)F)C[C@H]1c1nc2ccc3cc4c(cc3c2[nH]1)OCc1cc(-c2cnc(C3CCCN3C(=O)[C@H](NC(=O)OC)c3ccccc3)[nH]2)ccc1-4)C(C)F. The number of hydrogen-bond donors (Lipinski definition) is 4. The van der Waals surface area contributed by atoms with E-state index in [0.29, 0.717) is 54.5 Å². The molecular weight excluding hydrogens is 855 g/mol. The fourth-order valence-corrected chi connectivity index (χ4v) is 9.43. The summed E-state index contributed by atoms with van der Waals surface area (Å²) in [6.45, 7) is 3.46. The zero-order valence-electron chi connectivity index (χ0n) is 36.8. The Bertz CT molecular complexity index is 2800. The molecule has 3 aliphatic heterocycles. The van der Waals surface area contributed by atoms with E-state index in [1.165, 1.54) is 25.9 Å². The fraction of sp³-hybridized carbons (Fsp3) is 0.375. The van der Waals surface area contributed by atoms with E-state index in [9.17, 15) is 28.0 Å². The number of benzene rings is 4. The number of aromatic amines is 2. The number of likely N-dealkylation sites (tertiary alicyclic amines) is 2. The third kappa shape index (κ3) is 8.59. The van der Waals surface area contributed by atoms with Gasteiger partial charge in [0, 0.05) is 30.0 Å². The fourth-order valence-electron chi connectivity index (χ4n) is 9.43. The number of nitrogens with one attached hydrogen (secondary N) is 4. The number of hydrogen-bond acceptors (Lipinski definition) is 10. The van der Waals surface area contributed by atoms with E-state index in [0.717, 1.165) is 57.8 Å². The largest absolute Gasteiger partial charge is 0.488 e. The Hall–Kier alpha value is -7.08. The first-order valence-electron chi connectivity index (χ1n) is 21.9. The molecule has 0 bridgehead atoms. The summed E-state index contributed by atoms with van der Waals surface area (Å²) in [5, 5.41) is 6.78. The molecule has 4 N–H and O–H groups in total. The molecule has 0 aliphatic carbocycles. The smallest absolute Gasteiger partial charge is 0.407 e. The van der Waals surface area contributed by atoms with Crippen LogP contribution in [0, 0.1) is 5.92 Å². The zero-order valence-corrected chi connectivity index (χ0v) is 36.8. The molecule has 5 heterocycles. The lowest BCUT2D eigenvalue weighted by Gasteiger charge is -2.28. The van der Waals surface area contributed by atoms with Crippen molar-refractivity contribution in [3.05, 3.63) is 102 Å². The topological polar surface area (TPSA) is 193 Å². The highest BCUT2D eigenvalue weighted by atomic mass is 19.1. The van der Waals surface area contributed by atoms with Gasteiger partial charge in [-0.15, -0.1) is 0 Å². The molecule has 66 heavy (non-hydrogen) atoms. The predicted molar refractivity (Wildman–Crippen MR) is 238 cm³/mol. The molecule has 4 amide bonds. The van der Waals surface area contributed by atoms with Crippen molar-refractivity contribution in [2.45, 2.75) is 76.4 Å². The Morgan fingerprint density at radius 3 is 2.42 bits per heavy atom. The van der Waals surface area contributed by atoms with E-state index < -0.39 is 48.7 Å². The van der Waals surface area contributed by atoms with Crippen molar-refractivity contribution in [2.24, 2.45) is 5.92 Å². The molecule has 344 valence electrons. The van der Waals surface area contributed by atoms with Crippen LogP contribution in [-0.2, 0) is 30.4 Å². The number of ether oxygens (including phenoxy) is 4. The number of methoxy groups -OCH3 is 2. The van der Waals surface area contributed by atoms with Gasteiger partial charge in [0.05, 0.1) is 55.8 Å². The number of alkyl halides is 2. The Morgan fingerprint density at radius 1 is 0.879 bits per heavy atom. The van der Waals surface area contributed by atoms with Gasteiger partial charge in [-0.1, -0.05) is 48.5 Å². The maximum Gasteiger partial charge on any atom is 0.407 e. The standard InChI is InChI=1S/C48H50F2N8O8/c1-25(49)40(55-47(61)63-3)45(59)58-22-27(23-65-26(2)50)17-38(58)44-52-35-15-13-29-19-34-32-14-12-30(18-31(32)24-66-39(34)20-33(29)42(35)54-44)36-21-51-43(53-36)37-11-8-16-57(37)46(60)41(56-48(62)64-4)28-9-6-5-7-10-28/h5-7,9-10,12-15,18-21,25-27,37-38,40-41H,8,11,16-17,22-24H2,1-4H3,(H,51,53)(H,52,54)(H,55,61)(H,56,62)/t25?,26?,27-,37?,38-,40-,41+/m0/s1. The molecule has 3 aliphatic rings. The van der Waals surface area contributed by atoms with Crippen LogP contribution in [-0.4, -0.2) is 106 Å². The molecule has 16 nitrogen and oxygen atoms in total. The van der Waals surface area contributed by atoms with Gasteiger partial charge in [-0.05, 0) is 85.0 Å². The normalized spacial score (nSPS) is 19.6. The molecule has 4 aromatic carbocycles. The quantitative estimate of drug-likeness (QED) is 0.0945. The van der Waals surface area contributed by atoms with Gasteiger partial charge in [-0.2, -0.15) is 0 Å². The molecule has 6 aromatic rings. The molecule has 0 saturated carbocycles. The zero-order chi connectivity index (χ0) is 46.2. The van der Waals surface area contributed by atoms with E-state index in [2.05, 4.69) is 43.5 Å². The number of nitrogens with zero attached hydrogens (tertiary/aromatic N) is 4. The van der Waals surface area contributed by atoms with Gasteiger partial charge in [0.2, 0.25) is 5.91 Å². The van der Waals surface area contributed by atoms with Crippen molar-refractivity contribution < 1.29 is 46.9 Å². The van der Waals surface area contributed by atoms with Crippen molar-refractivity contribution in [2.75, 3.05) is 33.9 Å². The van der Waals surface area contributed by atoms with Gasteiger partial charge in [0.15, 0.2) is 6.36 Å². The van der Waals surface area contributed by atoms with Crippen LogP contribution in [0.5, 0.6) is 5.75 Å². The number of rotatable bonds is 12. The van der Waals surface area contributed by atoms with Crippen LogP contribution >= 0.6 is 0 Å². The highest BCUT2D eigenvalue weighted by Crippen LogP contribution is 2.44. The van der Waals surface area contributed by atoms with E-state index >= 15 is 0 Å². The Labute approximate surface area is 378 Å². The van der Waals surface area contributed by atoms with Crippen LogP contribution in [0.3, 0.4) is 0 Å². The monoisotopic (exact) mass is 904 g/mol. The number of fused-ring (bicyclic) bond motifs is 6. The van der Waals surface area contributed by atoms with Gasteiger partial charge in [-0.25, -0.2) is 28.3 Å². The van der Waals surface area contributed by atoms with Crippen molar-refractivity contribution in [3.63, 3.8) is 0 Å². The second kappa shape index (κ2) is 18.4. The molecule has 2 saturated heterocycles. The molecule has 2 aromatic heterocycles. The van der Waals surface area contributed by atoms with Crippen LogP contribution in [0.2, 0.25) is 0 Å². The summed E-state index contributed by atoms with van der Waals surface area (Å²) in [5.74, 6) is 0.612. The second-order valence-corrected chi connectivity index (χ2v) is 16.9. The minimum absolute atomic E-state index is 0.0347. The summed E-state index contributed by atoms with van der Waals surface area (Å²) >= 11 is 0. The van der Waals surface area contributed by atoms with E-state index in [1.807, 2.05) is 42.5 Å². The van der Waals surface area contributed by atoms with Crippen LogP contribution in [0.4, 0.5) is 18.4 Å². The van der Waals surface area contributed by atoms with Gasteiger partial charge in [-0.3, -0.25) is 9.59 Å². The summed E-state index contributed by atoms with van der Waals surface area (Å²) in [6, 6.07) is 19.8. The lowest BCUT2D eigenvalue weighted by Crippen LogP contribution is -2.52. The number of H-pyrrole nitrogens is 2. The third-order valence-electron chi connectivity index (χ3n) is 12.7. The van der Waals surface area contributed by atoms with Crippen LogP contribution in [0.15, 0.2) is 79.0 Å². The Kier molecular flexibility index (Phi) is 12.3. The number of carbonyl (C=O) groups is 4. The highest BCUT2D eigenvalue weighted by molar-refractivity contribution is 6.07. The van der Waals surface area contributed by atoms with E-state index in [4.69, 9.17) is 24.2 Å². The van der Waals surface area contributed by atoms with Crippen LogP contribution in [0.1, 0.15) is 74.0 Å². The number of aromatic nitrogens is 4. The van der Waals surface area contributed by atoms with Crippen molar-refractivity contribution in [3.8, 4) is 28.1 Å². The predicted octanol–water partition coefficient (Wildman–Crippen LogP) is 7.73. The lowest BCUT2D eigenvalue weighted by molar-refractivity contribution is -0.136. The molecule has 2 fully saturated rings. The molecule has 0 radical (unpaired) electrons. The Morgan fingerprint density at radius 2 is 1.67 bits per heavy atom. The molecular formula is C48H50F2N8O8. The number of imidazole rings is 2. The average Bonchev–Trinajstić information content (AvgIpc) is 4.17. The summed E-state index contributed by atoms with van der Waals surface area (Å²) in [7, 11) is 2.40. The maximum atomic E-state index is 14.8. The maximum absolute atomic E-state index is 14.8. The molecule has 0 spiro atoms. The minimum Gasteiger partial charge on any atom is -0.488 e. The summed E-state index contributed by atoms with van der Waals surface area (Å²) in [5.41, 5.74) is 6.60. The van der Waals surface area contributed by atoms with Crippen molar-refractivity contribution in [1.29, 1.82) is 0 Å². The van der Waals surface area contributed by atoms with Crippen molar-refractivity contribution >= 4 is 45.8 Å². The molecule has 7 atom stereocenters.